The number of nitrogens with one attached hydrogen (secondary N) is 2. The Balaban J connectivity index is 1.59. The third-order valence-electron chi connectivity index (χ3n) is 5.29. The van der Waals surface area contributed by atoms with E-state index in [1.807, 2.05) is 45.9 Å². The van der Waals surface area contributed by atoms with Crippen molar-refractivity contribution in [1.29, 1.82) is 0 Å². The molecule has 1 heterocycles. The van der Waals surface area contributed by atoms with Gasteiger partial charge in [-0.25, -0.2) is 4.98 Å². The van der Waals surface area contributed by atoms with Crippen molar-refractivity contribution in [2.24, 2.45) is 0 Å². The summed E-state index contributed by atoms with van der Waals surface area (Å²) in [6.45, 7) is 7.43. The lowest BCUT2D eigenvalue weighted by Crippen LogP contribution is -2.42. The lowest BCUT2D eigenvalue weighted by atomic mass is 10.1. The van der Waals surface area contributed by atoms with Gasteiger partial charge in [0.2, 0.25) is 11.8 Å². The van der Waals surface area contributed by atoms with E-state index in [4.69, 9.17) is 23.2 Å². The first-order valence-corrected chi connectivity index (χ1v) is 12.5. The topological polar surface area (TPSA) is 91.4 Å². The zero-order chi connectivity index (χ0) is 25.7. The van der Waals surface area contributed by atoms with Gasteiger partial charge in [0, 0.05) is 22.1 Å². The SMILES string of the molecule is Cc1ccc(NC(=O)Cc2csc(NC(=O)CN(C(=O)c3ccc(Cl)cc3Cl)C(C)C)n2)cc1C. The van der Waals surface area contributed by atoms with Crippen LogP contribution < -0.4 is 10.6 Å². The molecule has 0 aliphatic heterocycles. The highest BCUT2D eigenvalue weighted by molar-refractivity contribution is 7.13. The highest BCUT2D eigenvalue weighted by atomic mass is 35.5. The molecule has 0 aliphatic carbocycles. The first-order valence-electron chi connectivity index (χ1n) is 10.9. The molecule has 3 amide bonds. The van der Waals surface area contributed by atoms with Crippen molar-refractivity contribution in [2.45, 2.75) is 40.2 Å². The Kier molecular flexibility index (Phi) is 8.88. The van der Waals surface area contributed by atoms with Gasteiger partial charge in [0.25, 0.3) is 5.91 Å². The molecule has 0 spiro atoms. The Morgan fingerprint density at radius 2 is 1.74 bits per heavy atom. The number of hydrogen-bond acceptors (Lipinski definition) is 5. The van der Waals surface area contributed by atoms with Crippen LogP contribution in [0.15, 0.2) is 41.8 Å². The Bertz CT molecular complexity index is 1260. The van der Waals surface area contributed by atoms with Gasteiger partial charge in [-0.1, -0.05) is 29.3 Å². The quantitative estimate of drug-likeness (QED) is 0.387. The summed E-state index contributed by atoms with van der Waals surface area (Å²) < 4.78 is 0. The Morgan fingerprint density at radius 3 is 2.40 bits per heavy atom. The minimum absolute atomic E-state index is 0.0744. The van der Waals surface area contributed by atoms with E-state index in [0.29, 0.717) is 15.8 Å². The fourth-order valence-electron chi connectivity index (χ4n) is 3.25. The first kappa shape index (κ1) is 26.7. The lowest BCUT2D eigenvalue weighted by molar-refractivity contribution is -0.117. The largest absolute Gasteiger partial charge is 0.327 e. The van der Waals surface area contributed by atoms with Crippen LogP contribution >= 0.6 is 34.5 Å². The zero-order valence-corrected chi connectivity index (χ0v) is 22.1. The molecule has 0 fully saturated rings. The molecule has 1 aromatic heterocycles. The number of aromatic nitrogens is 1. The number of rotatable bonds is 8. The second kappa shape index (κ2) is 11.7. The number of hydrogen-bond donors (Lipinski definition) is 2. The van der Waals surface area contributed by atoms with Crippen LogP contribution in [0.3, 0.4) is 0 Å². The summed E-state index contributed by atoms with van der Waals surface area (Å²) in [5.74, 6) is -0.981. The van der Waals surface area contributed by atoms with Crippen molar-refractivity contribution in [2.75, 3.05) is 17.2 Å². The van der Waals surface area contributed by atoms with Gasteiger partial charge in [-0.3, -0.25) is 14.4 Å². The maximum atomic E-state index is 13.0. The minimum Gasteiger partial charge on any atom is -0.327 e. The fraction of sp³-hybridized carbons (Fsp3) is 0.280. The first-order chi connectivity index (χ1) is 16.5. The fourth-order valence-corrected chi connectivity index (χ4v) is 4.47. The molecule has 2 N–H and O–H groups in total. The lowest BCUT2D eigenvalue weighted by Gasteiger charge is -2.26. The molecule has 7 nitrogen and oxygen atoms in total. The van der Waals surface area contributed by atoms with Crippen LogP contribution in [-0.4, -0.2) is 40.2 Å². The summed E-state index contributed by atoms with van der Waals surface area (Å²) >= 11 is 13.3. The monoisotopic (exact) mass is 532 g/mol. The molecule has 0 radical (unpaired) electrons. The number of anilines is 2. The predicted molar refractivity (Wildman–Crippen MR) is 142 cm³/mol. The summed E-state index contributed by atoms with van der Waals surface area (Å²) in [6, 6.07) is 10.1. The van der Waals surface area contributed by atoms with Crippen molar-refractivity contribution in [1.82, 2.24) is 9.88 Å². The third-order valence-corrected chi connectivity index (χ3v) is 6.64. The smallest absolute Gasteiger partial charge is 0.256 e. The maximum absolute atomic E-state index is 13.0. The molecule has 0 atom stereocenters. The number of carbonyl (C=O) groups is 3. The van der Waals surface area contributed by atoms with Crippen LogP contribution in [0.4, 0.5) is 10.8 Å². The Labute approximate surface area is 218 Å². The van der Waals surface area contributed by atoms with Crippen LogP contribution in [0.5, 0.6) is 0 Å². The number of carbonyl (C=O) groups excluding carboxylic acids is 3. The van der Waals surface area contributed by atoms with E-state index in [2.05, 4.69) is 15.6 Å². The average Bonchev–Trinajstić information content (AvgIpc) is 3.20. The average molecular weight is 533 g/mol. The summed E-state index contributed by atoms with van der Waals surface area (Å²) in [6.07, 6.45) is 0.0744. The van der Waals surface area contributed by atoms with Crippen molar-refractivity contribution >= 4 is 63.1 Å². The van der Waals surface area contributed by atoms with Gasteiger partial charge in [0.15, 0.2) is 5.13 Å². The highest BCUT2D eigenvalue weighted by Gasteiger charge is 2.24. The molecule has 0 saturated carbocycles. The van der Waals surface area contributed by atoms with Gasteiger partial charge in [-0.2, -0.15) is 0 Å². The van der Waals surface area contributed by atoms with Gasteiger partial charge in [-0.05, 0) is 69.2 Å². The number of benzene rings is 2. The predicted octanol–water partition coefficient (Wildman–Crippen LogP) is 5.74. The third kappa shape index (κ3) is 7.27. The van der Waals surface area contributed by atoms with Crippen molar-refractivity contribution in [3.05, 3.63) is 74.2 Å². The van der Waals surface area contributed by atoms with Crippen LogP contribution in [0, 0.1) is 13.8 Å². The highest BCUT2D eigenvalue weighted by Crippen LogP contribution is 2.23. The molecule has 0 bridgehead atoms. The van der Waals surface area contributed by atoms with Crippen LogP contribution in [-0.2, 0) is 16.0 Å². The molecular formula is C25H26Cl2N4O3S. The van der Waals surface area contributed by atoms with Crippen LogP contribution in [0.1, 0.15) is 41.0 Å². The number of amides is 3. The van der Waals surface area contributed by atoms with E-state index in [-0.39, 0.29) is 41.4 Å². The number of thiazole rings is 1. The van der Waals surface area contributed by atoms with Crippen LogP contribution in [0.2, 0.25) is 10.0 Å². The molecule has 35 heavy (non-hydrogen) atoms. The van der Waals surface area contributed by atoms with Gasteiger partial charge < -0.3 is 15.5 Å². The van der Waals surface area contributed by atoms with E-state index in [1.165, 1.54) is 28.4 Å². The second-order valence-corrected chi connectivity index (χ2v) is 10.1. The second-order valence-electron chi connectivity index (χ2n) is 8.37. The van der Waals surface area contributed by atoms with E-state index < -0.39 is 5.91 Å². The zero-order valence-electron chi connectivity index (χ0n) is 19.8. The molecule has 10 heteroatoms. The van der Waals surface area contributed by atoms with Crippen molar-refractivity contribution in [3.63, 3.8) is 0 Å². The number of halogens is 2. The maximum Gasteiger partial charge on any atom is 0.256 e. The molecule has 3 aromatic rings. The molecule has 2 aromatic carbocycles. The molecular weight excluding hydrogens is 507 g/mol. The number of nitrogens with zero attached hydrogens (tertiary/aromatic N) is 2. The van der Waals surface area contributed by atoms with Crippen molar-refractivity contribution < 1.29 is 14.4 Å². The molecule has 0 aliphatic rings. The minimum atomic E-state index is -0.405. The summed E-state index contributed by atoms with van der Waals surface area (Å²) in [7, 11) is 0. The van der Waals surface area contributed by atoms with Crippen LogP contribution in [0.25, 0.3) is 0 Å². The van der Waals surface area contributed by atoms with Gasteiger partial charge in [0.1, 0.15) is 6.54 Å². The van der Waals surface area contributed by atoms with Crippen molar-refractivity contribution in [3.8, 4) is 0 Å². The summed E-state index contributed by atoms with van der Waals surface area (Å²) in [4.78, 5) is 43.8. The van der Waals surface area contributed by atoms with E-state index in [1.54, 1.807) is 11.4 Å². The van der Waals surface area contributed by atoms with E-state index in [9.17, 15) is 14.4 Å². The number of aryl methyl sites for hydroxylation is 2. The Morgan fingerprint density at radius 1 is 1.00 bits per heavy atom. The molecule has 3 rings (SSSR count). The van der Waals surface area contributed by atoms with E-state index >= 15 is 0 Å². The standard InChI is InChI=1S/C25H26Cl2N4O3S/c1-14(2)31(24(34)20-8-6-17(26)10-21(20)27)12-23(33)30-25-29-19(13-35-25)11-22(32)28-18-7-5-15(3)16(4)9-18/h5-10,13-14H,11-12H2,1-4H3,(H,28,32)(H,29,30,33). The van der Waals surface area contributed by atoms with Gasteiger partial charge in [0.05, 0.1) is 22.7 Å². The summed E-state index contributed by atoms with van der Waals surface area (Å²) in [5, 5.41) is 8.27. The Hall–Kier alpha value is -2.94. The van der Waals surface area contributed by atoms with Gasteiger partial charge >= 0.3 is 0 Å². The van der Waals surface area contributed by atoms with E-state index in [0.717, 1.165) is 16.8 Å². The van der Waals surface area contributed by atoms with Gasteiger partial charge in [-0.15, -0.1) is 11.3 Å². The molecule has 184 valence electrons. The normalized spacial score (nSPS) is 10.8. The summed E-state index contributed by atoms with van der Waals surface area (Å²) in [5.41, 5.74) is 3.77. The molecule has 0 unspecified atom stereocenters. The molecule has 0 saturated heterocycles.